The van der Waals surface area contributed by atoms with Crippen LogP contribution in [0, 0.1) is 0 Å². The highest BCUT2D eigenvalue weighted by Crippen LogP contribution is 2.33. The molecule has 1 atom stereocenters. The van der Waals surface area contributed by atoms with Crippen molar-refractivity contribution in [1.82, 2.24) is 4.90 Å². The number of amides is 1. The van der Waals surface area contributed by atoms with E-state index >= 15 is 0 Å². The summed E-state index contributed by atoms with van der Waals surface area (Å²) in [6, 6.07) is 5.29. The molecule has 2 rings (SSSR count). The van der Waals surface area contributed by atoms with Crippen LogP contribution in [0.4, 0.5) is 0 Å². The Bertz CT molecular complexity index is 564. The van der Waals surface area contributed by atoms with Crippen LogP contribution >= 0.6 is 0 Å². The van der Waals surface area contributed by atoms with E-state index in [0.717, 1.165) is 0 Å². The molecule has 1 unspecified atom stereocenters. The number of methoxy groups -OCH3 is 2. The number of nitrogens with zero attached hydrogens (tertiary/aromatic N) is 1. The van der Waals surface area contributed by atoms with Gasteiger partial charge in [-0.1, -0.05) is 6.07 Å². The number of hydrogen-bond donors (Lipinski definition) is 1. The van der Waals surface area contributed by atoms with Crippen LogP contribution in [0.1, 0.15) is 25.3 Å². The number of hydrogen-bond acceptors (Lipinski definition) is 4. The van der Waals surface area contributed by atoms with E-state index in [-0.39, 0.29) is 12.3 Å². The van der Waals surface area contributed by atoms with Crippen molar-refractivity contribution < 1.29 is 24.2 Å². The second kappa shape index (κ2) is 6.25. The third-order valence-corrected chi connectivity index (χ3v) is 4.26. The first-order chi connectivity index (χ1) is 10.4. The van der Waals surface area contributed by atoms with E-state index in [1.165, 1.54) is 19.1 Å². The molecule has 1 fully saturated rings. The molecule has 120 valence electrons. The number of carbonyl (C=O) groups is 2. The van der Waals surface area contributed by atoms with Gasteiger partial charge in [0.2, 0.25) is 5.91 Å². The minimum atomic E-state index is -1.13. The first kappa shape index (κ1) is 16.1. The Morgan fingerprint density at radius 2 is 1.86 bits per heavy atom. The summed E-state index contributed by atoms with van der Waals surface area (Å²) in [5.74, 6) is -0.0802. The lowest BCUT2D eigenvalue weighted by atomic mass is 9.98. The van der Waals surface area contributed by atoms with Gasteiger partial charge in [-0.05, 0) is 31.9 Å². The van der Waals surface area contributed by atoms with Crippen molar-refractivity contribution >= 4 is 11.9 Å². The predicted molar refractivity (Wildman–Crippen MR) is 80.2 cm³/mol. The van der Waals surface area contributed by atoms with Crippen molar-refractivity contribution in [3.63, 3.8) is 0 Å². The fraction of sp³-hybridized carbons (Fsp3) is 0.500. The molecule has 6 heteroatoms. The minimum Gasteiger partial charge on any atom is -0.496 e. The highest BCUT2D eigenvalue weighted by atomic mass is 16.5. The zero-order valence-electron chi connectivity index (χ0n) is 13.1. The molecular weight excluding hydrogens is 286 g/mol. The maximum atomic E-state index is 12.6. The third kappa shape index (κ3) is 2.73. The molecule has 1 heterocycles. The molecule has 1 aliphatic heterocycles. The number of likely N-dealkylation sites (tertiary alicyclic amines) is 1. The van der Waals surface area contributed by atoms with Crippen LogP contribution in [0.25, 0.3) is 0 Å². The molecular formula is C16H21NO5. The minimum absolute atomic E-state index is 0.0516. The van der Waals surface area contributed by atoms with Crippen LogP contribution in [0.3, 0.4) is 0 Å². The summed E-state index contributed by atoms with van der Waals surface area (Å²) in [7, 11) is 3.06. The van der Waals surface area contributed by atoms with Gasteiger partial charge in [0, 0.05) is 12.1 Å². The number of ether oxygens (including phenoxy) is 2. The smallest absolute Gasteiger partial charge is 0.329 e. The zero-order chi connectivity index (χ0) is 16.3. The number of carboxylic acids is 1. The van der Waals surface area contributed by atoms with Gasteiger partial charge in [0.05, 0.1) is 20.6 Å². The van der Waals surface area contributed by atoms with Gasteiger partial charge < -0.3 is 19.5 Å². The predicted octanol–water partition coefficient (Wildman–Crippen LogP) is 1.71. The molecule has 1 aromatic carbocycles. The molecule has 0 spiro atoms. The van der Waals surface area contributed by atoms with Gasteiger partial charge in [-0.2, -0.15) is 0 Å². The summed E-state index contributed by atoms with van der Waals surface area (Å²) >= 11 is 0. The molecule has 22 heavy (non-hydrogen) atoms. The SMILES string of the molecule is COc1cccc(OC)c1CC(=O)N1CCCC1(C)C(=O)O. The fourth-order valence-electron chi connectivity index (χ4n) is 2.93. The van der Waals surface area contributed by atoms with Crippen LogP contribution in [-0.2, 0) is 16.0 Å². The largest absolute Gasteiger partial charge is 0.496 e. The molecule has 1 saturated heterocycles. The Kier molecular flexibility index (Phi) is 4.59. The van der Waals surface area contributed by atoms with Gasteiger partial charge in [0.1, 0.15) is 17.0 Å². The van der Waals surface area contributed by atoms with Crippen molar-refractivity contribution in [3.8, 4) is 11.5 Å². The Hall–Kier alpha value is -2.24. The summed E-state index contributed by atoms with van der Waals surface area (Å²) in [6.07, 6.45) is 1.21. The second-order valence-corrected chi connectivity index (χ2v) is 5.55. The van der Waals surface area contributed by atoms with Gasteiger partial charge in [-0.15, -0.1) is 0 Å². The maximum Gasteiger partial charge on any atom is 0.329 e. The number of benzene rings is 1. The molecule has 1 amide bonds. The molecule has 0 bridgehead atoms. The van der Waals surface area contributed by atoms with Gasteiger partial charge in [0.15, 0.2) is 0 Å². The normalized spacial score (nSPS) is 20.8. The number of rotatable bonds is 5. The average Bonchev–Trinajstić information content (AvgIpc) is 2.90. The Labute approximate surface area is 129 Å². The summed E-state index contributed by atoms with van der Waals surface area (Å²) in [6.45, 7) is 2.05. The lowest BCUT2D eigenvalue weighted by Gasteiger charge is -2.31. The highest BCUT2D eigenvalue weighted by Gasteiger charge is 2.45. The number of aliphatic carboxylic acids is 1. The topological polar surface area (TPSA) is 76.1 Å². The molecule has 1 N–H and O–H groups in total. The molecule has 1 aromatic rings. The molecule has 0 aliphatic carbocycles. The van der Waals surface area contributed by atoms with Gasteiger partial charge >= 0.3 is 5.97 Å². The van der Waals surface area contributed by atoms with Gasteiger partial charge in [-0.3, -0.25) is 4.79 Å². The summed E-state index contributed by atoms with van der Waals surface area (Å²) in [5, 5.41) is 9.42. The van der Waals surface area contributed by atoms with Crippen molar-refractivity contribution in [2.24, 2.45) is 0 Å². The number of carboxylic acid groups (broad SMARTS) is 1. The molecule has 0 radical (unpaired) electrons. The van der Waals surface area contributed by atoms with Crippen molar-refractivity contribution in [1.29, 1.82) is 0 Å². The Balaban J connectivity index is 2.28. The highest BCUT2D eigenvalue weighted by molar-refractivity contribution is 5.89. The summed E-state index contributed by atoms with van der Waals surface area (Å²) in [4.78, 5) is 25.6. The average molecular weight is 307 g/mol. The standard InChI is InChI=1S/C16H21NO5/c1-16(15(19)20)8-5-9-17(16)14(18)10-11-12(21-2)6-4-7-13(11)22-3/h4,6-7H,5,8-10H2,1-3H3,(H,19,20). The van der Waals surface area contributed by atoms with Crippen molar-refractivity contribution in [2.45, 2.75) is 31.7 Å². The first-order valence-corrected chi connectivity index (χ1v) is 7.17. The molecule has 0 saturated carbocycles. The molecule has 1 aliphatic rings. The number of carbonyl (C=O) groups excluding carboxylic acids is 1. The fourth-order valence-corrected chi connectivity index (χ4v) is 2.93. The van der Waals surface area contributed by atoms with Gasteiger partial charge in [0.25, 0.3) is 0 Å². The first-order valence-electron chi connectivity index (χ1n) is 7.17. The zero-order valence-corrected chi connectivity index (χ0v) is 13.1. The van der Waals surface area contributed by atoms with Crippen LogP contribution in [-0.4, -0.2) is 48.2 Å². The lowest BCUT2D eigenvalue weighted by molar-refractivity contribution is -0.155. The van der Waals surface area contributed by atoms with E-state index in [1.54, 1.807) is 25.1 Å². The quantitative estimate of drug-likeness (QED) is 0.896. The van der Waals surface area contributed by atoms with E-state index in [9.17, 15) is 14.7 Å². The van der Waals surface area contributed by atoms with E-state index in [1.807, 2.05) is 0 Å². The van der Waals surface area contributed by atoms with Crippen molar-refractivity contribution in [2.75, 3.05) is 20.8 Å². The summed E-state index contributed by atoms with van der Waals surface area (Å²) < 4.78 is 10.6. The van der Waals surface area contributed by atoms with Crippen LogP contribution in [0.5, 0.6) is 11.5 Å². The van der Waals surface area contributed by atoms with E-state index < -0.39 is 11.5 Å². The Morgan fingerprint density at radius 1 is 1.27 bits per heavy atom. The van der Waals surface area contributed by atoms with Crippen molar-refractivity contribution in [3.05, 3.63) is 23.8 Å². The summed E-state index contributed by atoms with van der Waals surface area (Å²) in [5.41, 5.74) is -0.496. The van der Waals surface area contributed by atoms with Crippen LogP contribution in [0.2, 0.25) is 0 Å². The second-order valence-electron chi connectivity index (χ2n) is 5.55. The Morgan fingerprint density at radius 3 is 2.36 bits per heavy atom. The third-order valence-electron chi connectivity index (χ3n) is 4.26. The van der Waals surface area contributed by atoms with Crippen LogP contribution < -0.4 is 9.47 Å². The van der Waals surface area contributed by atoms with Gasteiger partial charge in [-0.25, -0.2) is 4.79 Å². The molecule has 0 aromatic heterocycles. The maximum absolute atomic E-state index is 12.6. The van der Waals surface area contributed by atoms with E-state index in [4.69, 9.17) is 9.47 Å². The monoisotopic (exact) mass is 307 g/mol. The van der Waals surface area contributed by atoms with E-state index in [0.29, 0.717) is 36.4 Å². The lowest BCUT2D eigenvalue weighted by Crippen LogP contribution is -2.51. The molecule has 6 nitrogen and oxygen atoms in total. The van der Waals surface area contributed by atoms with Crippen LogP contribution in [0.15, 0.2) is 18.2 Å². The van der Waals surface area contributed by atoms with E-state index in [2.05, 4.69) is 0 Å².